The summed E-state index contributed by atoms with van der Waals surface area (Å²) in [7, 11) is 0. The van der Waals surface area contributed by atoms with E-state index >= 15 is 0 Å². The molecule has 1 heterocycles. The maximum absolute atomic E-state index is 5.99. The van der Waals surface area contributed by atoms with Crippen LogP contribution >= 0.6 is 0 Å². The number of nitrogens with one attached hydrogen (secondary N) is 1. The van der Waals surface area contributed by atoms with Crippen molar-refractivity contribution in [3.05, 3.63) is 48.5 Å². The molecule has 0 fully saturated rings. The Labute approximate surface area is 118 Å². The van der Waals surface area contributed by atoms with Crippen LogP contribution in [0.5, 0.6) is 5.75 Å². The van der Waals surface area contributed by atoms with Crippen LogP contribution in [0.25, 0.3) is 22.4 Å². The maximum Gasteiger partial charge on any atom is 0.142 e. The molecule has 0 radical (unpaired) electrons. The number of aromatic nitrogens is 2. The molecule has 0 aliphatic carbocycles. The minimum atomic E-state index is 0.195. The molecular weight excluding hydrogens is 248 g/mol. The van der Waals surface area contributed by atoms with Crippen LogP contribution in [0.15, 0.2) is 48.5 Å². The van der Waals surface area contributed by atoms with Gasteiger partial charge in [-0.1, -0.05) is 31.2 Å². The number of imidazole rings is 1. The van der Waals surface area contributed by atoms with Gasteiger partial charge in [0.05, 0.1) is 22.7 Å². The molecule has 0 aliphatic heterocycles. The van der Waals surface area contributed by atoms with Crippen LogP contribution in [0.2, 0.25) is 0 Å². The Bertz CT molecular complexity index is 685. The summed E-state index contributed by atoms with van der Waals surface area (Å²) < 4.78 is 5.99. The predicted octanol–water partition coefficient (Wildman–Crippen LogP) is 4.41. The number of benzene rings is 2. The molecule has 0 bridgehead atoms. The molecule has 0 saturated carbocycles. The Morgan fingerprint density at radius 3 is 2.65 bits per heavy atom. The fourth-order valence-corrected chi connectivity index (χ4v) is 2.15. The average Bonchev–Trinajstić information content (AvgIpc) is 2.91. The molecule has 1 atom stereocenters. The highest BCUT2D eigenvalue weighted by atomic mass is 16.5. The third-order valence-electron chi connectivity index (χ3n) is 3.43. The maximum atomic E-state index is 5.99. The molecule has 1 N–H and O–H groups in total. The summed E-state index contributed by atoms with van der Waals surface area (Å²) in [5, 5.41) is 0. The highest BCUT2D eigenvalue weighted by molar-refractivity contribution is 5.80. The van der Waals surface area contributed by atoms with E-state index in [1.807, 2.05) is 48.5 Å². The minimum absolute atomic E-state index is 0.195. The first-order valence-electron chi connectivity index (χ1n) is 6.98. The molecule has 0 saturated heterocycles. The van der Waals surface area contributed by atoms with Gasteiger partial charge in [-0.3, -0.25) is 0 Å². The highest BCUT2D eigenvalue weighted by Crippen LogP contribution is 2.30. The number of aromatic amines is 1. The second-order valence-corrected chi connectivity index (χ2v) is 4.94. The van der Waals surface area contributed by atoms with Gasteiger partial charge in [-0.05, 0) is 37.6 Å². The second kappa shape index (κ2) is 5.37. The van der Waals surface area contributed by atoms with Crippen molar-refractivity contribution in [3.8, 4) is 17.1 Å². The predicted molar refractivity (Wildman–Crippen MR) is 81.9 cm³/mol. The molecule has 1 unspecified atom stereocenters. The Balaban J connectivity index is 2.04. The lowest BCUT2D eigenvalue weighted by Crippen LogP contribution is -2.10. The lowest BCUT2D eigenvalue weighted by molar-refractivity contribution is 0.218. The van der Waals surface area contributed by atoms with Gasteiger partial charge in [-0.25, -0.2) is 4.98 Å². The zero-order chi connectivity index (χ0) is 13.9. The van der Waals surface area contributed by atoms with E-state index in [-0.39, 0.29) is 6.10 Å². The largest absolute Gasteiger partial charge is 0.490 e. The normalized spacial score (nSPS) is 12.5. The second-order valence-electron chi connectivity index (χ2n) is 4.94. The van der Waals surface area contributed by atoms with Crippen LogP contribution in [0, 0.1) is 0 Å². The number of para-hydroxylation sites is 3. The van der Waals surface area contributed by atoms with Gasteiger partial charge in [0.25, 0.3) is 0 Å². The van der Waals surface area contributed by atoms with E-state index in [2.05, 4.69) is 23.8 Å². The Kier molecular flexibility index (Phi) is 3.42. The standard InChI is InChI=1S/C17H18N2O/c1-3-12(2)20-16-11-7-4-8-13(16)17-18-14-9-5-6-10-15(14)19-17/h4-12H,3H2,1-2H3,(H,18,19). The summed E-state index contributed by atoms with van der Waals surface area (Å²) >= 11 is 0. The first kappa shape index (κ1) is 12.7. The van der Waals surface area contributed by atoms with Crippen molar-refractivity contribution in [3.63, 3.8) is 0 Å². The summed E-state index contributed by atoms with van der Waals surface area (Å²) in [6.45, 7) is 4.20. The van der Waals surface area contributed by atoms with E-state index in [9.17, 15) is 0 Å². The van der Waals surface area contributed by atoms with Gasteiger partial charge in [0, 0.05) is 0 Å². The molecule has 3 rings (SSSR count). The van der Waals surface area contributed by atoms with Gasteiger partial charge in [0.2, 0.25) is 0 Å². The van der Waals surface area contributed by atoms with Crippen molar-refractivity contribution in [1.29, 1.82) is 0 Å². The molecule has 2 aromatic carbocycles. The van der Waals surface area contributed by atoms with Crippen molar-refractivity contribution in [2.75, 3.05) is 0 Å². The van der Waals surface area contributed by atoms with Crippen molar-refractivity contribution in [2.45, 2.75) is 26.4 Å². The third kappa shape index (κ3) is 2.39. The number of H-pyrrole nitrogens is 1. The SMILES string of the molecule is CCC(C)Oc1ccccc1-c1nc2ccccc2[nH]1. The van der Waals surface area contributed by atoms with Gasteiger partial charge >= 0.3 is 0 Å². The molecule has 1 aromatic heterocycles. The summed E-state index contributed by atoms with van der Waals surface area (Å²) in [5.41, 5.74) is 3.02. The first-order chi connectivity index (χ1) is 9.78. The monoisotopic (exact) mass is 266 g/mol. The molecule has 0 amide bonds. The topological polar surface area (TPSA) is 37.9 Å². The third-order valence-corrected chi connectivity index (χ3v) is 3.43. The van der Waals surface area contributed by atoms with E-state index in [1.54, 1.807) is 0 Å². The smallest absolute Gasteiger partial charge is 0.142 e. The lowest BCUT2D eigenvalue weighted by atomic mass is 10.2. The van der Waals surface area contributed by atoms with Crippen molar-refractivity contribution >= 4 is 11.0 Å². The van der Waals surface area contributed by atoms with Crippen LogP contribution < -0.4 is 4.74 Å². The number of rotatable bonds is 4. The Hall–Kier alpha value is -2.29. The molecule has 0 aliphatic rings. The molecule has 3 aromatic rings. The van der Waals surface area contributed by atoms with Gasteiger partial charge < -0.3 is 9.72 Å². The van der Waals surface area contributed by atoms with Crippen LogP contribution in [0.4, 0.5) is 0 Å². The van der Waals surface area contributed by atoms with Crippen LogP contribution in [-0.4, -0.2) is 16.1 Å². The summed E-state index contributed by atoms with van der Waals surface area (Å²) in [5.74, 6) is 1.73. The lowest BCUT2D eigenvalue weighted by Gasteiger charge is -2.15. The number of ether oxygens (including phenoxy) is 1. The van der Waals surface area contributed by atoms with Gasteiger partial charge in [0.1, 0.15) is 11.6 Å². The number of hydrogen-bond acceptors (Lipinski definition) is 2. The molecule has 0 spiro atoms. The molecule has 20 heavy (non-hydrogen) atoms. The van der Waals surface area contributed by atoms with Crippen molar-refractivity contribution in [2.24, 2.45) is 0 Å². The number of fused-ring (bicyclic) bond motifs is 1. The highest BCUT2D eigenvalue weighted by Gasteiger charge is 2.12. The molecule has 3 heteroatoms. The number of nitrogens with zero attached hydrogens (tertiary/aromatic N) is 1. The quantitative estimate of drug-likeness (QED) is 0.759. The molecule has 3 nitrogen and oxygen atoms in total. The van der Waals surface area contributed by atoms with Gasteiger partial charge in [0.15, 0.2) is 0 Å². The van der Waals surface area contributed by atoms with E-state index in [4.69, 9.17) is 4.74 Å². The summed E-state index contributed by atoms with van der Waals surface area (Å²) in [6, 6.07) is 16.1. The van der Waals surface area contributed by atoms with Gasteiger partial charge in [-0.15, -0.1) is 0 Å². The van der Waals surface area contributed by atoms with E-state index < -0.39 is 0 Å². The fourth-order valence-electron chi connectivity index (χ4n) is 2.15. The fraction of sp³-hybridized carbons (Fsp3) is 0.235. The van der Waals surface area contributed by atoms with Gasteiger partial charge in [-0.2, -0.15) is 0 Å². The first-order valence-corrected chi connectivity index (χ1v) is 6.98. The Morgan fingerprint density at radius 2 is 1.85 bits per heavy atom. The summed E-state index contributed by atoms with van der Waals surface area (Å²) in [4.78, 5) is 7.99. The zero-order valence-electron chi connectivity index (χ0n) is 11.8. The Morgan fingerprint density at radius 1 is 1.10 bits per heavy atom. The average molecular weight is 266 g/mol. The van der Waals surface area contributed by atoms with Crippen LogP contribution in [0.3, 0.4) is 0 Å². The van der Waals surface area contributed by atoms with Crippen LogP contribution in [-0.2, 0) is 0 Å². The van der Waals surface area contributed by atoms with E-state index in [1.165, 1.54) is 0 Å². The van der Waals surface area contributed by atoms with Crippen molar-refractivity contribution < 1.29 is 4.74 Å². The number of hydrogen-bond donors (Lipinski definition) is 1. The zero-order valence-corrected chi connectivity index (χ0v) is 11.8. The van der Waals surface area contributed by atoms with E-state index in [0.717, 1.165) is 34.6 Å². The van der Waals surface area contributed by atoms with Crippen LogP contribution in [0.1, 0.15) is 20.3 Å². The minimum Gasteiger partial charge on any atom is -0.490 e. The van der Waals surface area contributed by atoms with E-state index in [0.29, 0.717) is 0 Å². The molecule has 102 valence electrons. The molecular formula is C17H18N2O. The van der Waals surface area contributed by atoms with Crippen molar-refractivity contribution in [1.82, 2.24) is 9.97 Å². The summed E-state index contributed by atoms with van der Waals surface area (Å²) in [6.07, 6.45) is 1.18.